The average Bonchev–Trinajstić information content (AvgIpc) is 2.92. The summed E-state index contributed by atoms with van der Waals surface area (Å²) in [6, 6.07) is 7.26. The van der Waals surface area contributed by atoms with Crippen molar-refractivity contribution in [3.05, 3.63) is 52.2 Å². The Morgan fingerprint density at radius 3 is 3.00 bits per heavy atom. The number of nitrogens with one attached hydrogen (secondary N) is 1. The molecule has 0 fully saturated rings. The largest absolute Gasteiger partial charge is 0.324 e. The highest BCUT2D eigenvalue weighted by atomic mass is 32.2. The molecule has 1 aliphatic rings. The van der Waals surface area contributed by atoms with Crippen LogP contribution in [-0.4, -0.2) is 21.2 Å². The lowest BCUT2D eigenvalue weighted by molar-refractivity contribution is -0.116. The Morgan fingerprint density at radius 1 is 1.48 bits per heavy atom. The second kappa shape index (κ2) is 6.54. The van der Waals surface area contributed by atoms with E-state index in [1.165, 1.54) is 30.0 Å². The third kappa shape index (κ3) is 3.29. The molecule has 0 saturated heterocycles. The molecule has 1 unspecified atom stereocenters. The predicted octanol–water partition coefficient (Wildman–Crippen LogP) is 2.62. The summed E-state index contributed by atoms with van der Waals surface area (Å²) in [7, 11) is 0. The van der Waals surface area contributed by atoms with Crippen molar-refractivity contribution in [3.8, 4) is 0 Å². The Morgan fingerprint density at radius 2 is 2.26 bits per heavy atom. The second-order valence-corrected chi connectivity index (χ2v) is 6.28. The number of para-hydroxylation sites is 1. The van der Waals surface area contributed by atoms with E-state index in [4.69, 9.17) is 0 Å². The Balaban J connectivity index is 1.75. The van der Waals surface area contributed by atoms with Crippen molar-refractivity contribution in [2.45, 2.75) is 31.0 Å². The highest BCUT2D eigenvalue weighted by Gasteiger charge is 2.27. The minimum Gasteiger partial charge on any atom is -0.324 e. The Bertz CT molecular complexity index is 806. The van der Waals surface area contributed by atoms with Crippen LogP contribution < -0.4 is 10.9 Å². The fraction of sp³-hybridized carbons (Fsp3) is 0.312. The molecular formula is C16H16FN3O2S. The molecule has 1 aromatic heterocycles. The van der Waals surface area contributed by atoms with Gasteiger partial charge in [0.15, 0.2) is 5.16 Å². The predicted molar refractivity (Wildman–Crippen MR) is 87.3 cm³/mol. The van der Waals surface area contributed by atoms with Crippen LogP contribution in [0.15, 0.2) is 40.3 Å². The van der Waals surface area contributed by atoms with Crippen molar-refractivity contribution in [3.63, 3.8) is 0 Å². The maximum absolute atomic E-state index is 13.6. The number of carbonyl (C=O) groups excluding carboxylic acids is 1. The number of carbonyl (C=O) groups is 1. The third-order valence-electron chi connectivity index (χ3n) is 3.67. The van der Waals surface area contributed by atoms with E-state index in [0.717, 1.165) is 5.69 Å². The van der Waals surface area contributed by atoms with E-state index in [0.29, 0.717) is 17.3 Å². The van der Waals surface area contributed by atoms with E-state index in [9.17, 15) is 14.0 Å². The number of hydrogen-bond donors (Lipinski definition) is 1. The maximum Gasteiger partial charge on any atom is 0.254 e. The lowest BCUT2D eigenvalue weighted by atomic mass is 10.2. The van der Waals surface area contributed by atoms with Gasteiger partial charge in [-0.2, -0.15) is 0 Å². The van der Waals surface area contributed by atoms with E-state index in [1.54, 1.807) is 16.7 Å². The number of anilines is 1. The quantitative estimate of drug-likeness (QED) is 0.874. The van der Waals surface area contributed by atoms with Gasteiger partial charge in [-0.25, -0.2) is 9.37 Å². The van der Waals surface area contributed by atoms with Gasteiger partial charge in [0.25, 0.3) is 5.56 Å². The zero-order valence-electron chi connectivity index (χ0n) is 12.6. The average molecular weight is 333 g/mol. The molecule has 1 atom stereocenters. The first-order valence-corrected chi connectivity index (χ1v) is 8.36. The van der Waals surface area contributed by atoms with Crippen molar-refractivity contribution < 1.29 is 9.18 Å². The van der Waals surface area contributed by atoms with Gasteiger partial charge in [0.05, 0.1) is 11.7 Å². The molecule has 3 rings (SSSR count). The van der Waals surface area contributed by atoms with Crippen LogP contribution in [0.4, 0.5) is 10.1 Å². The second-order valence-electron chi connectivity index (χ2n) is 5.29. The van der Waals surface area contributed by atoms with Crippen LogP contribution in [0.25, 0.3) is 0 Å². The number of hydrogen-bond acceptors (Lipinski definition) is 4. The normalized spacial score (nSPS) is 16.2. The molecule has 0 bridgehead atoms. The number of rotatable bonds is 4. The summed E-state index contributed by atoms with van der Waals surface area (Å²) in [4.78, 5) is 28.8. The van der Waals surface area contributed by atoms with Crippen molar-refractivity contribution in [1.29, 1.82) is 0 Å². The summed E-state index contributed by atoms with van der Waals surface area (Å²) in [5.74, 6) is -0.186. The number of thioether (sulfide) groups is 1. The van der Waals surface area contributed by atoms with E-state index in [-0.39, 0.29) is 29.6 Å². The molecule has 1 aliphatic heterocycles. The third-order valence-corrected chi connectivity index (χ3v) is 4.77. The van der Waals surface area contributed by atoms with E-state index in [2.05, 4.69) is 10.3 Å². The van der Waals surface area contributed by atoms with Gasteiger partial charge in [0, 0.05) is 23.9 Å². The summed E-state index contributed by atoms with van der Waals surface area (Å²) >= 11 is 1.47. The van der Waals surface area contributed by atoms with Crippen LogP contribution in [0.5, 0.6) is 0 Å². The van der Waals surface area contributed by atoms with Gasteiger partial charge in [0.2, 0.25) is 5.91 Å². The summed E-state index contributed by atoms with van der Waals surface area (Å²) in [6.07, 6.45) is 0.809. The van der Waals surface area contributed by atoms with Crippen LogP contribution >= 0.6 is 11.8 Å². The highest BCUT2D eigenvalue weighted by molar-refractivity contribution is 7.99. The van der Waals surface area contributed by atoms with Crippen LogP contribution in [0.3, 0.4) is 0 Å². The summed E-state index contributed by atoms with van der Waals surface area (Å²) in [6.45, 7) is 1.94. The molecule has 1 aromatic carbocycles. The Hall–Kier alpha value is -2.15. The van der Waals surface area contributed by atoms with Gasteiger partial charge >= 0.3 is 0 Å². The molecule has 1 N–H and O–H groups in total. The van der Waals surface area contributed by atoms with Crippen molar-refractivity contribution in [2.75, 3.05) is 11.1 Å². The lowest BCUT2D eigenvalue weighted by Gasteiger charge is -2.13. The number of nitrogens with zero attached hydrogens (tertiary/aromatic N) is 2. The molecule has 2 heterocycles. The molecule has 23 heavy (non-hydrogen) atoms. The molecule has 7 heteroatoms. The number of amides is 1. The van der Waals surface area contributed by atoms with Gasteiger partial charge < -0.3 is 5.32 Å². The van der Waals surface area contributed by atoms with Crippen LogP contribution in [-0.2, 0) is 11.2 Å². The summed E-state index contributed by atoms with van der Waals surface area (Å²) < 4.78 is 15.1. The van der Waals surface area contributed by atoms with Gasteiger partial charge in [-0.3, -0.25) is 14.2 Å². The standard InChI is InChI=1S/C16H16FN3O2S/c1-2-10-7-15(22)20-11(9-23-16(20)18-10)8-14(21)19-13-6-4-3-5-12(13)17/h3-7,11H,2,8-9H2,1H3,(H,19,21). The molecule has 120 valence electrons. The number of aryl methyl sites for hydroxylation is 1. The van der Waals surface area contributed by atoms with Crippen molar-refractivity contribution in [1.82, 2.24) is 9.55 Å². The van der Waals surface area contributed by atoms with Gasteiger partial charge in [-0.15, -0.1) is 0 Å². The molecule has 2 aromatic rings. The van der Waals surface area contributed by atoms with E-state index >= 15 is 0 Å². The number of halogens is 1. The number of fused-ring (bicyclic) bond motifs is 1. The lowest BCUT2D eigenvalue weighted by Crippen LogP contribution is -2.27. The first-order chi connectivity index (χ1) is 11.1. The fourth-order valence-electron chi connectivity index (χ4n) is 2.51. The smallest absolute Gasteiger partial charge is 0.254 e. The van der Waals surface area contributed by atoms with Gasteiger partial charge in [-0.05, 0) is 18.6 Å². The van der Waals surface area contributed by atoms with Gasteiger partial charge in [-0.1, -0.05) is 30.8 Å². The molecule has 1 amide bonds. The van der Waals surface area contributed by atoms with Crippen LogP contribution in [0.2, 0.25) is 0 Å². The van der Waals surface area contributed by atoms with Crippen molar-refractivity contribution >= 4 is 23.4 Å². The first kappa shape index (κ1) is 15.7. The first-order valence-electron chi connectivity index (χ1n) is 7.38. The monoisotopic (exact) mass is 333 g/mol. The van der Waals surface area contributed by atoms with Crippen LogP contribution in [0.1, 0.15) is 25.1 Å². The number of aromatic nitrogens is 2. The van der Waals surface area contributed by atoms with Gasteiger partial charge in [0.1, 0.15) is 5.82 Å². The zero-order valence-corrected chi connectivity index (χ0v) is 13.4. The minimum absolute atomic E-state index is 0.112. The molecular weight excluding hydrogens is 317 g/mol. The topological polar surface area (TPSA) is 64.0 Å². The molecule has 0 radical (unpaired) electrons. The minimum atomic E-state index is -0.478. The molecule has 5 nitrogen and oxygen atoms in total. The number of benzene rings is 1. The zero-order chi connectivity index (χ0) is 16.4. The fourth-order valence-corrected chi connectivity index (χ4v) is 3.68. The highest BCUT2D eigenvalue weighted by Crippen LogP contribution is 2.32. The Labute approximate surface area is 136 Å². The molecule has 0 spiro atoms. The summed E-state index contributed by atoms with van der Waals surface area (Å²) in [5.41, 5.74) is 0.765. The SMILES string of the molecule is CCc1cc(=O)n2c(n1)SCC2CC(=O)Nc1ccccc1F. The van der Waals surface area contributed by atoms with E-state index in [1.807, 2.05) is 6.92 Å². The van der Waals surface area contributed by atoms with Crippen LogP contribution in [0, 0.1) is 5.82 Å². The maximum atomic E-state index is 13.6. The van der Waals surface area contributed by atoms with Crippen molar-refractivity contribution in [2.24, 2.45) is 0 Å². The summed E-state index contributed by atoms with van der Waals surface area (Å²) in [5, 5.41) is 3.20. The Kier molecular flexibility index (Phi) is 4.47. The molecule has 0 saturated carbocycles. The van der Waals surface area contributed by atoms with E-state index < -0.39 is 5.82 Å². The molecule has 0 aliphatic carbocycles.